The average molecular weight is 169 g/mol. The van der Waals surface area contributed by atoms with Crippen LogP contribution in [0.1, 0.15) is 13.3 Å². The second kappa shape index (κ2) is 5.15. The molecule has 0 aromatic heterocycles. The molecule has 0 atom stereocenters. The molecule has 0 aliphatic heterocycles. The molecule has 0 bridgehead atoms. The lowest BCUT2D eigenvalue weighted by atomic mass is 10.5. The monoisotopic (exact) mass is 169 g/mol. The van der Waals surface area contributed by atoms with Crippen LogP contribution >= 0.6 is 0 Å². The van der Waals surface area contributed by atoms with E-state index in [0.29, 0.717) is 0 Å². The van der Waals surface area contributed by atoms with Crippen molar-refractivity contribution < 1.29 is 27.4 Å². The van der Waals surface area contributed by atoms with Gasteiger partial charge in [0.1, 0.15) is 0 Å². The molecule has 0 amide bonds. The van der Waals surface area contributed by atoms with Gasteiger partial charge in [-0.3, -0.25) is 8.42 Å². The molecule has 10 heavy (non-hydrogen) atoms. The molecule has 0 aromatic rings. The van der Waals surface area contributed by atoms with Crippen molar-refractivity contribution in [1.82, 2.24) is 0 Å². The summed E-state index contributed by atoms with van der Waals surface area (Å²) in [5.74, 6) is -0.995. The van der Waals surface area contributed by atoms with Crippen LogP contribution in [0.3, 0.4) is 0 Å². The van der Waals surface area contributed by atoms with E-state index in [1.165, 1.54) is 6.92 Å². The minimum atomic E-state index is -5.17. The standard InChI is InChI=1S/C3H6O2.H2O4S/c1-2-3(4)5;1-5(2,3)4/h2H2,1H3,(H,4,5);(H2,1,2,3,4)/p-3. The van der Waals surface area contributed by atoms with Gasteiger partial charge in [-0.25, -0.2) is 0 Å². The van der Waals surface area contributed by atoms with Crippen LogP contribution in [0.25, 0.3) is 0 Å². The van der Waals surface area contributed by atoms with Crippen LogP contribution in [0.4, 0.5) is 0 Å². The number of carboxylic acid groups (broad SMARTS) is 1. The van der Waals surface area contributed by atoms with Gasteiger partial charge in [0.05, 0.1) is 0 Å². The lowest BCUT2D eigenvalue weighted by molar-refractivity contribution is -0.305. The summed E-state index contributed by atoms with van der Waals surface area (Å²) >= 11 is 0. The molecule has 0 aromatic carbocycles. The van der Waals surface area contributed by atoms with E-state index < -0.39 is 16.4 Å². The lowest BCUT2D eigenvalue weighted by Crippen LogP contribution is -2.19. The Hall–Kier alpha value is -0.660. The molecule has 0 spiro atoms. The summed E-state index contributed by atoms with van der Waals surface area (Å²) in [7, 11) is -5.17. The van der Waals surface area contributed by atoms with E-state index in [2.05, 4.69) is 0 Å². The second-order valence-corrected chi connectivity index (χ2v) is 1.95. The fourth-order valence-corrected chi connectivity index (χ4v) is 0. The minimum absolute atomic E-state index is 0.111. The largest absolute Gasteiger partial charge is 0.759 e. The third-order valence-electron chi connectivity index (χ3n) is 0.289. The fourth-order valence-electron chi connectivity index (χ4n) is 0. The van der Waals surface area contributed by atoms with Crippen LogP contribution in [-0.4, -0.2) is 23.5 Å². The summed E-state index contributed by atoms with van der Waals surface area (Å²) in [5.41, 5.74) is 0. The zero-order chi connectivity index (χ0) is 8.78. The number of carboxylic acids is 1. The third kappa shape index (κ3) is 164. The SMILES string of the molecule is CCC(=O)[O-].O=S(=O)([O-])[O-]. The molecule has 7 heteroatoms. The Morgan fingerprint density at radius 2 is 1.50 bits per heavy atom. The van der Waals surface area contributed by atoms with Gasteiger partial charge < -0.3 is 19.0 Å². The van der Waals surface area contributed by atoms with Crippen molar-refractivity contribution in [3.8, 4) is 0 Å². The van der Waals surface area contributed by atoms with Gasteiger partial charge >= 0.3 is 0 Å². The highest BCUT2D eigenvalue weighted by molar-refractivity contribution is 7.79. The molecule has 62 valence electrons. The van der Waals surface area contributed by atoms with Crippen LogP contribution in [0.15, 0.2) is 0 Å². The molecule has 0 aliphatic carbocycles. The highest BCUT2D eigenvalue weighted by Crippen LogP contribution is 1.62. The van der Waals surface area contributed by atoms with Gasteiger partial charge in [-0.2, -0.15) is 0 Å². The van der Waals surface area contributed by atoms with E-state index in [-0.39, 0.29) is 6.42 Å². The van der Waals surface area contributed by atoms with E-state index in [9.17, 15) is 9.90 Å². The molecule has 0 radical (unpaired) electrons. The molecule has 0 fully saturated rings. The van der Waals surface area contributed by atoms with Crippen molar-refractivity contribution in [3.63, 3.8) is 0 Å². The summed E-state index contributed by atoms with van der Waals surface area (Å²) in [5, 5.41) is 9.26. The van der Waals surface area contributed by atoms with E-state index >= 15 is 0 Å². The summed E-state index contributed by atoms with van der Waals surface area (Å²) in [6.45, 7) is 1.54. The van der Waals surface area contributed by atoms with Gasteiger partial charge in [0, 0.05) is 16.4 Å². The Morgan fingerprint density at radius 3 is 1.50 bits per heavy atom. The van der Waals surface area contributed by atoms with Crippen molar-refractivity contribution in [2.75, 3.05) is 0 Å². The molecule has 0 rings (SSSR count). The van der Waals surface area contributed by atoms with Crippen molar-refractivity contribution >= 4 is 16.4 Å². The summed E-state index contributed by atoms with van der Waals surface area (Å²) in [6, 6.07) is 0. The third-order valence-corrected chi connectivity index (χ3v) is 0.289. The smallest absolute Gasteiger partial charge is 0.0411 e. The van der Waals surface area contributed by atoms with Crippen LogP contribution < -0.4 is 5.11 Å². The van der Waals surface area contributed by atoms with E-state index in [0.717, 1.165) is 0 Å². The molecular formula is C3H5O6S-3. The van der Waals surface area contributed by atoms with E-state index in [1.54, 1.807) is 0 Å². The Balaban J connectivity index is 0. The molecule has 0 aliphatic rings. The first-order valence-electron chi connectivity index (χ1n) is 2.14. The van der Waals surface area contributed by atoms with Crippen LogP contribution in [0, 0.1) is 0 Å². The lowest BCUT2D eigenvalue weighted by Gasteiger charge is -2.06. The number of carbonyl (C=O) groups excluding carboxylic acids is 1. The number of hydrogen-bond acceptors (Lipinski definition) is 6. The Kier molecular flexibility index (Phi) is 6.21. The number of aliphatic carboxylic acids is 1. The average Bonchev–Trinajstić information content (AvgIpc) is 1.61. The maximum atomic E-state index is 9.26. The normalized spacial score (nSPS) is 9.50. The maximum Gasteiger partial charge on any atom is 0.0411 e. The zero-order valence-corrected chi connectivity index (χ0v) is 5.88. The predicted molar refractivity (Wildman–Crippen MR) is 25.8 cm³/mol. The second-order valence-electron chi connectivity index (χ2n) is 1.13. The summed E-state index contributed by atoms with van der Waals surface area (Å²) < 4.78 is 34.1. The molecule has 0 heterocycles. The maximum absolute atomic E-state index is 9.26. The number of hydrogen-bond donors (Lipinski definition) is 0. The topological polar surface area (TPSA) is 120 Å². The molecule has 0 saturated carbocycles. The van der Waals surface area contributed by atoms with Crippen LogP contribution in [0.2, 0.25) is 0 Å². The first-order chi connectivity index (χ1) is 4.27. The Bertz CT molecular complexity index is 171. The molecular weight excluding hydrogens is 164 g/mol. The van der Waals surface area contributed by atoms with E-state index in [4.69, 9.17) is 17.5 Å². The van der Waals surface area contributed by atoms with Gasteiger partial charge in [0.2, 0.25) is 0 Å². The van der Waals surface area contributed by atoms with Crippen LogP contribution in [-0.2, 0) is 15.2 Å². The van der Waals surface area contributed by atoms with Gasteiger partial charge in [-0.15, -0.1) is 0 Å². The molecule has 0 saturated heterocycles. The van der Waals surface area contributed by atoms with Gasteiger partial charge in [-0.1, -0.05) is 6.92 Å². The first kappa shape index (κ1) is 12.1. The molecule has 6 nitrogen and oxygen atoms in total. The van der Waals surface area contributed by atoms with Crippen molar-refractivity contribution in [2.45, 2.75) is 13.3 Å². The summed E-state index contributed by atoms with van der Waals surface area (Å²) in [4.78, 5) is 9.26. The first-order valence-corrected chi connectivity index (χ1v) is 3.47. The minimum Gasteiger partial charge on any atom is -0.759 e. The number of rotatable bonds is 1. The predicted octanol–water partition coefficient (Wildman–Crippen LogP) is -2.19. The quantitative estimate of drug-likeness (QED) is 0.324. The van der Waals surface area contributed by atoms with E-state index in [1.807, 2.05) is 0 Å². The van der Waals surface area contributed by atoms with Crippen molar-refractivity contribution in [2.24, 2.45) is 0 Å². The fraction of sp³-hybridized carbons (Fsp3) is 0.667. The Labute approximate surface area is 58.1 Å². The number of carbonyl (C=O) groups is 1. The van der Waals surface area contributed by atoms with Gasteiger partial charge in [-0.05, 0) is 6.42 Å². The summed E-state index contributed by atoms with van der Waals surface area (Å²) in [6.07, 6.45) is 0.111. The highest BCUT2D eigenvalue weighted by atomic mass is 32.3. The van der Waals surface area contributed by atoms with Crippen molar-refractivity contribution in [1.29, 1.82) is 0 Å². The van der Waals surface area contributed by atoms with Gasteiger partial charge in [0.15, 0.2) is 0 Å². The molecule has 0 unspecified atom stereocenters. The molecule has 0 N–H and O–H groups in total. The van der Waals surface area contributed by atoms with Crippen LogP contribution in [0.5, 0.6) is 0 Å². The van der Waals surface area contributed by atoms with Gasteiger partial charge in [0.25, 0.3) is 0 Å². The Morgan fingerprint density at radius 1 is 1.40 bits per heavy atom. The highest BCUT2D eigenvalue weighted by Gasteiger charge is 1.65. The zero-order valence-electron chi connectivity index (χ0n) is 5.06. The van der Waals surface area contributed by atoms with Crippen molar-refractivity contribution in [3.05, 3.63) is 0 Å².